The number of hydrogen-bond donors (Lipinski definition) is 1. The number of quaternary nitrogens is 1. The second-order valence-corrected chi connectivity index (χ2v) is 3.94. The SMILES string of the molecule is [O-][NH+]([O-])CCc1ccc(Oc2cccc(F)c2)nc1. The number of ether oxygens (including phenoxy) is 1. The molecule has 2 rings (SSSR count). The molecule has 0 aliphatic rings. The predicted molar refractivity (Wildman–Crippen MR) is 67.0 cm³/mol. The average Bonchev–Trinajstić information content (AvgIpc) is 2.38. The Labute approximate surface area is 109 Å². The third kappa shape index (κ3) is 4.29. The lowest BCUT2D eigenvalue weighted by molar-refractivity contribution is -0.792. The Kier molecular flexibility index (Phi) is 4.40. The molecular formula is C13H12FN2O3-. The Bertz CT molecular complexity index is 532. The average molecular weight is 263 g/mol. The summed E-state index contributed by atoms with van der Waals surface area (Å²) in [6, 6.07) is 9.06. The van der Waals surface area contributed by atoms with E-state index in [2.05, 4.69) is 4.98 Å². The number of benzene rings is 1. The normalized spacial score (nSPS) is 10.7. The fourth-order valence-corrected chi connectivity index (χ4v) is 1.52. The molecule has 0 saturated heterocycles. The van der Waals surface area contributed by atoms with Crippen LogP contribution in [0, 0.1) is 16.2 Å². The molecule has 0 aliphatic carbocycles. The lowest BCUT2D eigenvalue weighted by Crippen LogP contribution is -3.02. The van der Waals surface area contributed by atoms with Crippen LogP contribution in [-0.2, 0) is 6.42 Å². The molecule has 6 heteroatoms. The maximum absolute atomic E-state index is 12.9. The topological polar surface area (TPSA) is 72.7 Å². The molecule has 0 bridgehead atoms. The Morgan fingerprint density at radius 3 is 2.68 bits per heavy atom. The minimum Gasteiger partial charge on any atom is -0.633 e. The van der Waals surface area contributed by atoms with Gasteiger partial charge in [0.15, 0.2) is 0 Å². The third-order valence-corrected chi connectivity index (χ3v) is 2.43. The van der Waals surface area contributed by atoms with E-state index in [9.17, 15) is 14.8 Å². The van der Waals surface area contributed by atoms with Crippen molar-refractivity contribution < 1.29 is 14.4 Å². The van der Waals surface area contributed by atoms with Crippen molar-refractivity contribution in [2.45, 2.75) is 6.42 Å². The number of aromatic nitrogens is 1. The second kappa shape index (κ2) is 6.24. The van der Waals surface area contributed by atoms with Gasteiger partial charge in [0.25, 0.3) is 0 Å². The fourth-order valence-electron chi connectivity index (χ4n) is 1.52. The first-order valence-electron chi connectivity index (χ1n) is 5.72. The summed E-state index contributed by atoms with van der Waals surface area (Å²) in [6.45, 7) is -0.0498. The van der Waals surface area contributed by atoms with Crippen LogP contribution < -0.4 is 9.96 Å². The highest BCUT2D eigenvalue weighted by atomic mass is 19.1. The zero-order chi connectivity index (χ0) is 13.7. The number of nitrogens with zero attached hydrogens (tertiary/aromatic N) is 1. The summed E-state index contributed by atoms with van der Waals surface area (Å²) < 4.78 is 18.3. The summed E-state index contributed by atoms with van der Waals surface area (Å²) in [5.74, 6) is 0.292. The molecule has 2 aromatic rings. The quantitative estimate of drug-likeness (QED) is 0.828. The molecule has 0 fully saturated rings. The van der Waals surface area contributed by atoms with Crippen molar-refractivity contribution in [3.05, 3.63) is 64.4 Å². The summed E-state index contributed by atoms with van der Waals surface area (Å²) in [4.78, 5) is 4.02. The van der Waals surface area contributed by atoms with Crippen LogP contribution in [-0.4, -0.2) is 11.5 Å². The van der Waals surface area contributed by atoms with E-state index in [1.54, 1.807) is 24.3 Å². The lowest BCUT2D eigenvalue weighted by Gasteiger charge is -2.24. The largest absolute Gasteiger partial charge is 0.633 e. The first kappa shape index (κ1) is 13.4. The van der Waals surface area contributed by atoms with Gasteiger partial charge in [-0.2, -0.15) is 0 Å². The smallest absolute Gasteiger partial charge is 0.219 e. The summed E-state index contributed by atoms with van der Waals surface area (Å²) in [5, 5.41) is 19.5. The van der Waals surface area contributed by atoms with Gasteiger partial charge in [-0.1, -0.05) is 12.1 Å². The van der Waals surface area contributed by atoms with Gasteiger partial charge in [0.2, 0.25) is 5.88 Å². The Hall–Kier alpha value is -2.02. The highest BCUT2D eigenvalue weighted by Crippen LogP contribution is 2.19. The molecule has 19 heavy (non-hydrogen) atoms. The minimum absolute atomic E-state index is 0.0498. The Morgan fingerprint density at radius 2 is 2.05 bits per heavy atom. The number of rotatable bonds is 5. The summed E-state index contributed by atoms with van der Waals surface area (Å²) in [6.07, 6.45) is 1.88. The van der Waals surface area contributed by atoms with E-state index < -0.39 is 5.23 Å². The maximum Gasteiger partial charge on any atom is 0.219 e. The first-order chi connectivity index (χ1) is 9.13. The van der Waals surface area contributed by atoms with Gasteiger partial charge in [-0.05, 0) is 17.7 Å². The lowest BCUT2D eigenvalue weighted by atomic mass is 10.2. The highest BCUT2D eigenvalue weighted by Gasteiger charge is 2.01. The summed E-state index contributed by atoms with van der Waals surface area (Å²) >= 11 is 0. The Morgan fingerprint density at radius 1 is 1.21 bits per heavy atom. The molecule has 5 nitrogen and oxygen atoms in total. The molecule has 0 saturated carbocycles. The van der Waals surface area contributed by atoms with Gasteiger partial charge in [-0.3, -0.25) is 0 Å². The van der Waals surface area contributed by atoms with Crippen molar-refractivity contribution in [3.8, 4) is 11.6 Å². The maximum atomic E-state index is 12.9. The standard InChI is InChI=1S/C13H12FN2O3/c14-11-2-1-3-12(8-11)19-13-5-4-10(9-15-13)6-7-16(17)18/h1-5,8-9,16H,6-7H2/q-1. The summed E-state index contributed by atoms with van der Waals surface area (Å²) in [5.41, 5.74) is 0.774. The number of halogens is 1. The van der Waals surface area contributed by atoms with Gasteiger partial charge in [-0.15, -0.1) is 0 Å². The zero-order valence-corrected chi connectivity index (χ0v) is 10.0. The van der Waals surface area contributed by atoms with E-state index in [-0.39, 0.29) is 12.4 Å². The van der Waals surface area contributed by atoms with Crippen LogP contribution in [0.4, 0.5) is 4.39 Å². The highest BCUT2D eigenvalue weighted by molar-refractivity contribution is 5.28. The molecule has 0 aliphatic heterocycles. The van der Waals surface area contributed by atoms with Gasteiger partial charge in [0.1, 0.15) is 11.6 Å². The van der Waals surface area contributed by atoms with Crippen LogP contribution in [0.1, 0.15) is 5.56 Å². The van der Waals surface area contributed by atoms with Gasteiger partial charge in [0.05, 0.1) is 6.54 Å². The molecule has 1 N–H and O–H groups in total. The first-order valence-corrected chi connectivity index (χ1v) is 5.72. The van der Waals surface area contributed by atoms with Crippen molar-refractivity contribution >= 4 is 0 Å². The molecule has 1 aromatic heterocycles. The van der Waals surface area contributed by atoms with Crippen LogP contribution in [0.3, 0.4) is 0 Å². The molecule has 0 amide bonds. The van der Waals surface area contributed by atoms with Crippen molar-refractivity contribution in [2.24, 2.45) is 0 Å². The minimum atomic E-state index is -1.10. The van der Waals surface area contributed by atoms with E-state index >= 15 is 0 Å². The number of hydroxylamine groups is 2. The molecule has 0 atom stereocenters. The third-order valence-electron chi connectivity index (χ3n) is 2.43. The monoisotopic (exact) mass is 263 g/mol. The van der Waals surface area contributed by atoms with Gasteiger partial charge in [-0.25, -0.2) is 9.37 Å². The zero-order valence-electron chi connectivity index (χ0n) is 10.0. The van der Waals surface area contributed by atoms with E-state index in [0.717, 1.165) is 5.56 Å². The van der Waals surface area contributed by atoms with Crippen molar-refractivity contribution in [1.29, 1.82) is 0 Å². The number of nitrogens with one attached hydrogen (secondary N) is 1. The van der Waals surface area contributed by atoms with Crippen molar-refractivity contribution in [3.63, 3.8) is 0 Å². The summed E-state index contributed by atoms with van der Waals surface area (Å²) in [7, 11) is 0. The van der Waals surface area contributed by atoms with Crippen LogP contribution >= 0.6 is 0 Å². The second-order valence-electron chi connectivity index (χ2n) is 3.94. The van der Waals surface area contributed by atoms with Gasteiger partial charge in [0, 0.05) is 24.8 Å². The van der Waals surface area contributed by atoms with E-state index in [1.165, 1.54) is 18.3 Å². The van der Waals surface area contributed by atoms with Crippen LogP contribution in [0.15, 0.2) is 42.6 Å². The van der Waals surface area contributed by atoms with Crippen LogP contribution in [0.2, 0.25) is 0 Å². The van der Waals surface area contributed by atoms with Gasteiger partial charge < -0.3 is 20.4 Å². The van der Waals surface area contributed by atoms with E-state index in [4.69, 9.17) is 4.74 Å². The van der Waals surface area contributed by atoms with Crippen LogP contribution in [0.25, 0.3) is 0 Å². The molecule has 100 valence electrons. The van der Waals surface area contributed by atoms with Crippen molar-refractivity contribution in [1.82, 2.24) is 4.98 Å². The van der Waals surface area contributed by atoms with E-state index in [0.29, 0.717) is 18.1 Å². The molecular weight excluding hydrogens is 251 g/mol. The van der Waals surface area contributed by atoms with Crippen LogP contribution in [0.5, 0.6) is 11.6 Å². The molecule has 0 radical (unpaired) electrons. The van der Waals surface area contributed by atoms with Gasteiger partial charge >= 0.3 is 0 Å². The molecule has 0 spiro atoms. The molecule has 0 unspecified atom stereocenters. The van der Waals surface area contributed by atoms with E-state index in [1.807, 2.05) is 0 Å². The number of pyridine rings is 1. The molecule has 1 aromatic carbocycles. The van der Waals surface area contributed by atoms with Crippen molar-refractivity contribution in [2.75, 3.05) is 6.54 Å². The fraction of sp³-hybridized carbons (Fsp3) is 0.154. The molecule has 1 heterocycles. The Balaban J connectivity index is 1.98. The predicted octanol–water partition coefficient (Wildman–Crippen LogP) is 1.44. The number of hydrogen-bond acceptors (Lipinski definition) is 4.